The van der Waals surface area contributed by atoms with Crippen molar-refractivity contribution in [2.45, 2.75) is 0 Å². The number of nitro benzene ring substituents is 1. The lowest BCUT2D eigenvalue weighted by molar-refractivity contribution is -0.384. The number of anilines is 2. The standard InChI is InChI=1S/C23H19N3O4S/c27-23(24-18-4-1-3-17(15-18)6-8-20-5-2-14-31-20)21-16-19(26(28)29)7-9-22(21)25-10-12-30-13-11-25/h1-5,7,9,14-16H,10-13H2,(H,24,27). The number of rotatable bonds is 4. The minimum atomic E-state index is -0.499. The second-order valence-corrected chi connectivity index (χ2v) is 7.77. The summed E-state index contributed by atoms with van der Waals surface area (Å²) in [6, 6.07) is 15.5. The van der Waals surface area contributed by atoms with Crippen LogP contribution in [-0.4, -0.2) is 37.1 Å². The van der Waals surface area contributed by atoms with Crippen LogP contribution in [0.1, 0.15) is 20.8 Å². The van der Waals surface area contributed by atoms with Gasteiger partial charge in [-0.05, 0) is 35.7 Å². The van der Waals surface area contributed by atoms with Crippen molar-refractivity contribution in [3.05, 3.63) is 86.1 Å². The molecule has 0 saturated carbocycles. The number of hydrogen-bond donors (Lipinski definition) is 1. The van der Waals surface area contributed by atoms with Crippen LogP contribution in [0.15, 0.2) is 60.0 Å². The van der Waals surface area contributed by atoms with E-state index >= 15 is 0 Å². The molecule has 2 heterocycles. The summed E-state index contributed by atoms with van der Waals surface area (Å²) in [4.78, 5) is 26.8. The largest absolute Gasteiger partial charge is 0.378 e. The summed E-state index contributed by atoms with van der Waals surface area (Å²) in [6.07, 6.45) is 0. The summed E-state index contributed by atoms with van der Waals surface area (Å²) < 4.78 is 5.38. The molecule has 1 amide bonds. The van der Waals surface area contributed by atoms with Crippen LogP contribution in [-0.2, 0) is 4.74 Å². The van der Waals surface area contributed by atoms with E-state index in [0.717, 1.165) is 10.4 Å². The van der Waals surface area contributed by atoms with Crippen molar-refractivity contribution in [2.75, 3.05) is 36.5 Å². The van der Waals surface area contributed by atoms with Gasteiger partial charge in [-0.25, -0.2) is 0 Å². The summed E-state index contributed by atoms with van der Waals surface area (Å²) in [7, 11) is 0. The van der Waals surface area contributed by atoms with Gasteiger partial charge in [-0.15, -0.1) is 11.3 Å². The molecule has 1 N–H and O–H groups in total. The Kier molecular flexibility index (Phi) is 6.26. The van der Waals surface area contributed by atoms with Gasteiger partial charge in [0.1, 0.15) is 0 Å². The van der Waals surface area contributed by atoms with Gasteiger partial charge in [0.05, 0.1) is 34.3 Å². The monoisotopic (exact) mass is 433 g/mol. The van der Waals surface area contributed by atoms with Gasteiger partial charge >= 0.3 is 0 Å². The molecule has 1 fully saturated rings. The highest BCUT2D eigenvalue weighted by Gasteiger charge is 2.22. The van der Waals surface area contributed by atoms with Gasteiger partial charge in [-0.3, -0.25) is 14.9 Å². The number of non-ortho nitro benzene ring substituents is 1. The first-order chi connectivity index (χ1) is 15.1. The molecule has 8 heteroatoms. The van der Waals surface area contributed by atoms with E-state index in [9.17, 15) is 14.9 Å². The minimum Gasteiger partial charge on any atom is -0.378 e. The summed E-state index contributed by atoms with van der Waals surface area (Å²) in [5, 5.41) is 16.1. The highest BCUT2D eigenvalue weighted by molar-refractivity contribution is 7.10. The molecule has 0 spiro atoms. The van der Waals surface area contributed by atoms with Crippen LogP contribution in [0, 0.1) is 22.0 Å². The summed E-state index contributed by atoms with van der Waals surface area (Å²) in [6.45, 7) is 2.32. The molecule has 1 aromatic heterocycles. The third-order valence-corrected chi connectivity index (χ3v) is 5.54. The Hall–Kier alpha value is -3.67. The lowest BCUT2D eigenvalue weighted by Gasteiger charge is -2.30. The van der Waals surface area contributed by atoms with E-state index < -0.39 is 10.8 Å². The second kappa shape index (κ2) is 9.43. The number of carbonyl (C=O) groups excluding carboxylic acids is 1. The molecule has 2 aromatic carbocycles. The number of benzene rings is 2. The van der Waals surface area contributed by atoms with Gasteiger partial charge in [0, 0.05) is 36.5 Å². The van der Waals surface area contributed by atoms with Gasteiger partial charge in [0.15, 0.2) is 0 Å². The molecular formula is C23H19N3O4S. The molecule has 0 atom stereocenters. The number of amides is 1. The molecule has 3 aromatic rings. The first-order valence-corrected chi connectivity index (χ1v) is 10.6. The van der Waals surface area contributed by atoms with E-state index in [2.05, 4.69) is 17.2 Å². The number of thiophene rings is 1. The molecule has 7 nitrogen and oxygen atoms in total. The smallest absolute Gasteiger partial charge is 0.270 e. The number of morpholine rings is 1. The quantitative estimate of drug-likeness (QED) is 0.380. The summed E-state index contributed by atoms with van der Waals surface area (Å²) >= 11 is 1.56. The van der Waals surface area contributed by atoms with Crippen molar-refractivity contribution in [1.29, 1.82) is 0 Å². The zero-order valence-corrected chi connectivity index (χ0v) is 17.4. The minimum absolute atomic E-state index is 0.127. The van der Waals surface area contributed by atoms with Crippen molar-refractivity contribution >= 4 is 34.3 Å². The Morgan fingerprint density at radius 3 is 2.68 bits per heavy atom. The number of nitro groups is 1. The molecule has 0 aliphatic carbocycles. The van der Waals surface area contributed by atoms with Crippen LogP contribution in [0.4, 0.5) is 17.1 Å². The molecule has 156 valence electrons. The van der Waals surface area contributed by atoms with Crippen molar-refractivity contribution in [3.63, 3.8) is 0 Å². The third-order valence-electron chi connectivity index (χ3n) is 4.76. The maximum Gasteiger partial charge on any atom is 0.270 e. The van der Waals surface area contributed by atoms with Crippen LogP contribution in [0.5, 0.6) is 0 Å². The van der Waals surface area contributed by atoms with Crippen LogP contribution in [0.3, 0.4) is 0 Å². The fraction of sp³-hybridized carbons (Fsp3) is 0.174. The molecule has 1 saturated heterocycles. The van der Waals surface area contributed by atoms with Crippen LogP contribution in [0.2, 0.25) is 0 Å². The van der Waals surface area contributed by atoms with Crippen molar-refractivity contribution in [1.82, 2.24) is 0 Å². The summed E-state index contributed by atoms with van der Waals surface area (Å²) in [5.74, 6) is 5.76. The highest BCUT2D eigenvalue weighted by atomic mass is 32.1. The number of carbonyl (C=O) groups is 1. The zero-order valence-electron chi connectivity index (χ0n) is 16.5. The van der Waals surface area contributed by atoms with Gasteiger partial charge in [-0.1, -0.05) is 24.0 Å². The average Bonchev–Trinajstić information content (AvgIpc) is 3.32. The Morgan fingerprint density at radius 2 is 1.94 bits per heavy atom. The number of ether oxygens (including phenoxy) is 1. The van der Waals surface area contributed by atoms with Crippen LogP contribution in [0.25, 0.3) is 0 Å². The number of nitrogens with one attached hydrogen (secondary N) is 1. The third kappa shape index (κ3) is 5.09. The van der Waals surface area contributed by atoms with Crippen LogP contribution >= 0.6 is 11.3 Å². The molecule has 0 bridgehead atoms. The van der Waals surface area contributed by atoms with E-state index in [1.807, 2.05) is 34.5 Å². The number of nitrogens with zero attached hydrogens (tertiary/aromatic N) is 2. The maximum atomic E-state index is 13.1. The Labute approximate surface area is 183 Å². The molecule has 0 unspecified atom stereocenters. The lowest BCUT2D eigenvalue weighted by Crippen LogP contribution is -2.37. The lowest BCUT2D eigenvalue weighted by atomic mass is 10.1. The Balaban J connectivity index is 1.59. The normalized spacial score (nSPS) is 13.2. The van der Waals surface area contributed by atoms with Crippen molar-refractivity contribution < 1.29 is 14.5 Å². The molecule has 0 radical (unpaired) electrons. The molecular weight excluding hydrogens is 414 g/mol. The topological polar surface area (TPSA) is 84.7 Å². The zero-order chi connectivity index (χ0) is 21.6. The van der Waals surface area contributed by atoms with E-state index in [1.165, 1.54) is 12.1 Å². The van der Waals surface area contributed by atoms with Gasteiger partial charge < -0.3 is 15.0 Å². The first kappa shape index (κ1) is 20.6. The van der Waals surface area contributed by atoms with Crippen molar-refractivity contribution in [3.8, 4) is 11.8 Å². The van der Waals surface area contributed by atoms with Gasteiger partial charge in [-0.2, -0.15) is 0 Å². The second-order valence-electron chi connectivity index (χ2n) is 6.82. The SMILES string of the molecule is O=C(Nc1cccc(C#Cc2cccs2)c1)c1cc([N+](=O)[O-])ccc1N1CCOCC1. The van der Waals surface area contributed by atoms with E-state index in [1.54, 1.807) is 29.5 Å². The van der Waals surface area contributed by atoms with Crippen molar-refractivity contribution in [2.24, 2.45) is 0 Å². The van der Waals surface area contributed by atoms with Crippen LogP contribution < -0.4 is 10.2 Å². The fourth-order valence-corrected chi connectivity index (χ4v) is 3.83. The maximum absolute atomic E-state index is 13.1. The van der Waals surface area contributed by atoms with Gasteiger partial charge in [0.2, 0.25) is 0 Å². The van der Waals surface area contributed by atoms with E-state index in [0.29, 0.717) is 37.7 Å². The molecule has 1 aliphatic rings. The Bertz CT molecular complexity index is 1160. The molecule has 1 aliphatic heterocycles. The fourth-order valence-electron chi connectivity index (χ4n) is 3.26. The number of hydrogen-bond acceptors (Lipinski definition) is 6. The Morgan fingerprint density at radius 1 is 1.10 bits per heavy atom. The predicted octanol–water partition coefficient (Wildman–Crippen LogP) is 4.15. The predicted molar refractivity (Wildman–Crippen MR) is 121 cm³/mol. The first-order valence-electron chi connectivity index (χ1n) is 9.68. The summed E-state index contributed by atoms with van der Waals surface area (Å²) in [5.41, 5.74) is 2.12. The molecule has 4 rings (SSSR count). The van der Waals surface area contributed by atoms with E-state index in [-0.39, 0.29) is 11.3 Å². The van der Waals surface area contributed by atoms with E-state index in [4.69, 9.17) is 4.74 Å². The van der Waals surface area contributed by atoms with Gasteiger partial charge in [0.25, 0.3) is 11.6 Å². The average molecular weight is 433 g/mol. The highest BCUT2D eigenvalue weighted by Crippen LogP contribution is 2.27. The molecule has 31 heavy (non-hydrogen) atoms.